The first-order valence-electron chi connectivity index (χ1n) is 7.33. The molecule has 0 amide bonds. The van der Waals surface area contributed by atoms with Gasteiger partial charge >= 0.3 is 0 Å². The SMILES string of the molecule is CCCCPc1cccc(-c2ccccc2)c1N(C)C. The number of rotatable bonds is 6. The molecule has 1 unspecified atom stereocenters. The minimum atomic E-state index is 0.903. The molecular weight excluding hydrogens is 261 g/mol. The maximum atomic E-state index is 2.29. The molecule has 0 spiro atoms. The quantitative estimate of drug-likeness (QED) is 0.557. The minimum Gasteiger partial charge on any atom is -0.377 e. The van der Waals surface area contributed by atoms with Gasteiger partial charge in [0.05, 0.1) is 5.69 Å². The Hall–Kier alpha value is -1.33. The van der Waals surface area contributed by atoms with Crippen LogP contribution in [0.2, 0.25) is 0 Å². The van der Waals surface area contributed by atoms with Gasteiger partial charge in [-0.05, 0) is 23.5 Å². The van der Waals surface area contributed by atoms with Crippen molar-refractivity contribution in [3.05, 3.63) is 48.5 Å². The molecule has 0 fully saturated rings. The van der Waals surface area contributed by atoms with E-state index in [9.17, 15) is 0 Å². The van der Waals surface area contributed by atoms with Crippen LogP contribution in [-0.2, 0) is 0 Å². The van der Waals surface area contributed by atoms with Gasteiger partial charge in [0.1, 0.15) is 0 Å². The Balaban J connectivity index is 2.39. The molecule has 0 heterocycles. The number of para-hydroxylation sites is 1. The first-order valence-corrected chi connectivity index (χ1v) is 8.54. The van der Waals surface area contributed by atoms with Crippen LogP contribution in [0.25, 0.3) is 11.1 Å². The number of anilines is 1. The second-order valence-corrected chi connectivity index (χ2v) is 6.63. The lowest BCUT2D eigenvalue weighted by Crippen LogP contribution is -2.18. The van der Waals surface area contributed by atoms with Gasteiger partial charge < -0.3 is 4.90 Å². The summed E-state index contributed by atoms with van der Waals surface area (Å²) in [7, 11) is 5.20. The third-order valence-electron chi connectivity index (χ3n) is 3.41. The van der Waals surface area contributed by atoms with E-state index in [1.165, 1.54) is 41.1 Å². The normalized spacial score (nSPS) is 11.2. The van der Waals surface area contributed by atoms with Gasteiger partial charge in [0.2, 0.25) is 0 Å². The highest BCUT2D eigenvalue weighted by Crippen LogP contribution is 2.32. The molecule has 0 aromatic heterocycles. The monoisotopic (exact) mass is 285 g/mol. The molecule has 2 aromatic carbocycles. The Kier molecular flexibility index (Phi) is 5.61. The van der Waals surface area contributed by atoms with Crippen molar-refractivity contribution in [2.75, 3.05) is 25.2 Å². The lowest BCUT2D eigenvalue weighted by molar-refractivity contribution is 0.895. The van der Waals surface area contributed by atoms with Gasteiger partial charge in [0.15, 0.2) is 0 Å². The van der Waals surface area contributed by atoms with Crippen LogP contribution in [0.3, 0.4) is 0 Å². The van der Waals surface area contributed by atoms with Crippen LogP contribution in [0.15, 0.2) is 48.5 Å². The number of hydrogen-bond acceptors (Lipinski definition) is 1. The Morgan fingerprint density at radius 2 is 1.70 bits per heavy atom. The molecule has 0 N–H and O–H groups in total. The van der Waals surface area contributed by atoms with E-state index in [1.54, 1.807) is 0 Å². The van der Waals surface area contributed by atoms with Crippen molar-refractivity contribution >= 4 is 19.6 Å². The van der Waals surface area contributed by atoms with Gasteiger partial charge in [-0.25, -0.2) is 0 Å². The number of benzene rings is 2. The van der Waals surface area contributed by atoms with Gasteiger partial charge in [-0.15, -0.1) is 0 Å². The summed E-state index contributed by atoms with van der Waals surface area (Å²) < 4.78 is 0. The molecule has 0 bridgehead atoms. The topological polar surface area (TPSA) is 3.24 Å². The molecule has 0 saturated carbocycles. The van der Waals surface area contributed by atoms with Crippen LogP contribution in [0.5, 0.6) is 0 Å². The van der Waals surface area contributed by atoms with E-state index >= 15 is 0 Å². The smallest absolute Gasteiger partial charge is 0.0516 e. The predicted molar refractivity (Wildman–Crippen MR) is 93.9 cm³/mol. The number of hydrogen-bond donors (Lipinski definition) is 0. The highest BCUT2D eigenvalue weighted by atomic mass is 31.1. The van der Waals surface area contributed by atoms with E-state index in [2.05, 4.69) is 74.4 Å². The predicted octanol–water partition coefficient (Wildman–Crippen LogP) is 4.52. The third-order valence-corrected chi connectivity index (χ3v) is 4.80. The van der Waals surface area contributed by atoms with Crippen LogP contribution in [-0.4, -0.2) is 20.3 Å². The summed E-state index contributed by atoms with van der Waals surface area (Å²) in [6.45, 7) is 2.26. The van der Waals surface area contributed by atoms with E-state index in [0.29, 0.717) is 0 Å². The van der Waals surface area contributed by atoms with Crippen LogP contribution in [0.4, 0.5) is 5.69 Å². The molecule has 0 saturated heterocycles. The summed E-state index contributed by atoms with van der Waals surface area (Å²) >= 11 is 0. The summed E-state index contributed by atoms with van der Waals surface area (Å²) in [4.78, 5) is 2.26. The maximum Gasteiger partial charge on any atom is 0.0516 e. The van der Waals surface area contributed by atoms with Crippen molar-refractivity contribution < 1.29 is 0 Å². The van der Waals surface area contributed by atoms with Gasteiger partial charge in [-0.1, -0.05) is 70.5 Å². The average molecular weight is 285 g/mol. The van der Waals surface area contributed by atoms with Crippen molar-refractivity contribution in [3.63, 3.8) is 0 Å². The first kappa shape index (κ1) is 15.1. The summed E-state index contributed by atoms with van der Waals surface area (Å²) in [5.41, 5.74) is 4.03. The highest BCUT2D eigenvalue weighted by molar-refractivity contribution is 7.47. The zero-order chi connectivity index (χ0) is 14.4. The zero-order valence-electron chi connectivity index (χ0n) is 12.7. The van der Waals surface area contributed by atoms with Crippen molar-refractivity contribution in [1.29, 1.82) is 0 Å². The second-order valence-electron chi connectivity index (χ2n) is 5.24. The lowest BCUT2D eigenvalue weighted by Gasteiger charge is -2.22. The van der Waals surface area contributed by atoms with Gasteiger partial charge in [-0.2, -0.15) is 0 Å². The van der Waals surface area contributed by atoms with Gasteiger partial charge in [-0.3, -0.25) is 0 Å². The van der Waals surface area contributed by atoms with Crippen LogP contribution >= 0.6 is 8.58 Å². The van der Waals surface area contributed by atoms with Gasteiger partial charge in [0, 0.05) is 19.7 Å². The van der Waals surface area contributed by atoms with E-state index in [0.717, 1.165) is 8.58 Å². The molecule has 0 radical (unpaired) electrons. The second kappa shape index (κ2) is 7.45. The largest absolute Gasteiger partial charge is 0.377 e. The fraction of sp³-hybridized carbons (Fsp3) is 0.333. The number of nitrogens with zero attached hydrogens (tertiary/aromatic N) is 1. The molecule has 0 aliphatic heterocycles. The lowest BCUT2D eigenvalue weighted by atomic mass is 10.0. The Bertz CT molecular complexity index is 534. The van der Waals surface area contributed by atoms with Crippen LogP contribution < -0.4 is 10.2 Å². The minimum absolute atomic E-state index is 0.903. The van der Waals surface area contributed by atoms with Crippen LogP contribution in [0.1, 0.15) is 19.8 Å². The Morgan fingerprint density at radius 1 is 0.950 bits per heavy atom. The standard InChI is InChI=1S/C18H24NP/c1-4-5-14-20-17-13-9-12-16(18(17)19(2)3)15-10-7-6-8-11-15/h6-13,20H,4-5,14H2,1-3H3. The fourth-order valence-corrected chi connectivity index (χ4v) is 3.96. The molecule has 106 valence electrons. The van der Waals surface area contributed by atoms with E-state index < -0.39 is 0 Å². The van der Waals surface area contributed by atoms with Crippen molar-refractivity contribution in [2.45, 2.75) is 19.8 Å². The molecule has 20 heavy (non-hydrogen) atoms. The van der Waals surface area contributed by atoms with Crippen molar-refractivity contribution in [3.8, 4) is 11.1 Å². The highest BCUT2D eigenvalue weighted by Gasteiger charge is 2.11. The molecule has 1 atom stereocenters. The van der Waals surface area contributed by atoms with E-state index in [4.69, 9.17) is 0 Å². The molecule has 1 nitrogen and oxygen atoms in total. The van der Waals surface area contributed by atoms with Gasteiger partial charge in [0.25, 0.3) is 0 Å². The van der Waals surface area contributed by atoms with Crippen molar-refractivity contribution in [2.24, 2.45) is 0 Å². The molecule has 0 aliphatic carbocycles. The number of unbranched alkanes of at least 4 members (excludes halogenated alkanes) is 1. The first-order chi connectivity index (χ1) is 9.74. The summed E-state index contributed by atoms with van der Waals surface area (Å²) in [6, 6.07) is 17.4. The Morgan fingerprint density at radius 3 is 2.35 bits per heavy atom. The molecule has 2 aromatic rings. The summed E-state index contributed by atoms with van der Waals surface area (Å²) in [6.07, 6.45) is 3.90. The molecule has 2 rings (SSSR count). The Labute approximate surface area is 124 Å². The van der Waals surface area contributed by atoms with E-state index in [1.807, 2.05) is 0 Å². The fourth-order valence-electron chi connectivity index (χ4n) is 2.42. The zero-order valence-corrected chi connectivity index (χ0v) is 13.7. The summed E-state index contributed by atoms with van der Waals surface area (Å²) in [5, 5.41) is 1.49. The maximum absolute atomic E-state index is 2.29. The molecular formula is C18H24NP. The van der Waals surface area contributed by atoms with Crippen LogP contribution in [0, 0.1) is 0 Å². The summed E-state index contributed by atoms with van der Waals surface area (Å²) in [5.74, 6) is 0. The molecule has 0 aliphatic rings. The molecule has 2 heteroatoms. The van der Waals surface area contributed by atoms with E-state index in [-0.39, 0.29) is 0 Å². The average Bonchev–Trinajstić information content (AvgIpc) is 2.48. The van der Waals surface area contributed by atoms with Crippen molar-refractivity contribution in [1.82, 2.24) is 0 Å². The third kappa shape index (κ3) is 3.61.